The van der Waals surface area contributed by atoms with Gasteiger partial charge in [-0.3, -0.25) is 9.78 Å². The average molecular weight is 339 g/mol. The molecule has 1 amide bonds. The molecule has 1 heterocycles. The number of hydrogen-bond donors (Lipinski definition) is 2. The number of rotatable bonds is 5. The van der Waals surface area contributed by atoms with E-state index in [0.717, 1.165) is 5.56 Å². The predicted octanol–water partition coefficient (Wildman–Crippen LogP) is 4.03. The maximum atomic E-state index is 13.2. The van der Waals surface area contributed by atoms with Crippen LogP contribution in [-0.4, -0.2) is 10.9 Å². The molecule has 3 rings (SSSR count). The van der Waals surface area contributed by atoms with Crippen molar-refractivity contribution in [2.75, 3.05) is 5.32 Å². The molecule has 2 N–H and O–H groups in total. The molecule has 3 aromatic rings. The van der Waals surface area contributed by atoms with E-state index in [1.807, 2.05) is 0 Å². The minimum atomic E-state index is -0.355. The third kappa shape index (κ3) is 4.60. The van der Waals surface area contributed by atoms with E-state index in [9.17, 15) is 13.6 Å². The lowest BCUT2D eigenvalue weighted by Crippen LogP contribution is -2.23. The molecule has 0 fully saturated rings. The number of amides is 1. The van der Waals surface area contributed by atoms with E-state index in [4.69, 9.17) is 0 Å². The highest BCUT2D eigenvalue weighted by atomic mass is 19.1. The fraction of sp³-hybridized carbons (Fsp3) is 0.0526. The smallest absolute Gasteiger partial charge is 0.253 e. The van der Waals surface area contributed by atoms with Crippen LogP contribution in [-0.2, 0) is 6.54 Å². The number of hydrogen-bond acceptors (Lipinski definition) is 3. The fourth-order valence-corrected chi connectivity index (χ4v) is 2.25. The molecule has 6 heteroatoms. The van der Waals surface area contributed by atoms with Crippen molar-refractivity contribution in [3.63, 3.8) is 0 Å². The molecule has 2 aromatic carbocycles. The van der Waals surface area contributed by atoms with Crippen LogP contribution in [0.3, 0.4) is 0 Å². The van der Waals surface area contributed by atoms with E-state index in [0.29, 0.717) is 16.9 Å². The van der Waals surface area contributed by atoms with Crippen molar-refractivity contribution in [3.05, 3.63) is 89.8 Å². The normalized spacial score (nSPS) is 10.3. The molecule has 0 atom stereocenters. The highest BCUT2D eigenvalue weighted by Crippen LogP contribution is 2.17. The van der Waals surface area contributed by atoms with E-state index in [-0.39, 0.29) is 24.1 Å². The average Bonchev–Trinajstić information content (AvgIpc) is 2.61. The Kier molecular flexibility index (Phi) is 4.99. The molecule has 0 aliphatic heterocycles. The Morgan fingerprint density at radius 3 is 2.48 bits per heavy atom. The quantitative estimate of drug-likeness (QED) is 0.738. The number of benzene rings is 2. The lowest BCUT2D eigenvalue weighted by molar-refractivity contribution is 0.0950. The SMILES string of the molecule is O=C(NCc1ccc(F)cc1)c1cncc(Nc2cccc(F)c2)c1. The molecule has 0 radical (unpaired) electrons. The van der Waals surface area contributed by atoms with Crippen molar-refractivity contribution in [2.24, 2.45) is 0 Å². The summed E-state index contributed by atoms with van der Waals surface area (Å²) in [4.78, 5) is 16.3. The predicted molar refractivity (Wildman–Crippen MR) is 91.5 cm³/mol. The Bertz CT molecular complexity index is 882. The van der Waals surface area contributed by atoms with Crippen LogP contribution in [0.15, 0.2) is 67.0 Å². The van der Waals surface area contributed by atoms with Crippen LogP contribution in [0.2, 0.25) is 0 Å². The molecule has 0 spiro atoms. The summed E-state index contributed by atoms with van der Waals surface area (Å²) in [5, 5.41) is 5.74. The van der Waals surface area contributed by atoms with Gasteiger partial charge in [0.1, 0.15) is 11.6 Å². The van der Waals surface area contributed by atoms with Crippen LogP contribution in [0.1, 0.15) is 15.9 Å². The first-order valence-corrected chi connectivity index (χ1v) is 7.60. The van der Waals surface area contributed by atoms with Gasteiger partial charge in [0.05, 0.1) is 17.4 Å². The second-order valence-corrected chi connectivity index (χ2v) is 5.41. The Balaban J connectivity index is 1.65. The molecule has 0 aliphatic rings. The van der Waals surface area contributed by atoms with Gasteiger partial charge in [0.2, 0.25) is 0 Å². The highest BCUT2D eigenvalue weighted by Gasteiger charge is 2.07. The minimum absolute atomic E-state index is 0.278. The summed E-state index contributed by atoms with van der Waals surface area (Å²) in [6.45, 7) is 0.278. The first kappa shape index (κ1) is 16.6. The molecule has 0 unspecified atom stereocenters. The molecular weight excluding hydrogens is 324 g/mol. The zero-order chi connectivity index (χ0) is 17.6. The van der Waals surface area contributed by atoms with Gasteiger partial charge in [-0.25, -0.2) is 8.78 Å². The number of nitrogens with one attached hydrogen (secondary N) is 2. The largest absolute Gasteiger partial charge is 0.354 e. The van der Waals surface area contributed by atoms with Crippen LogP contribution >= 0.6 is 0 Å². The summed E-state index contributed by atoms with van der Waals surface area (Å²) < 4.78 is 26.1. The number of carbonyl (C=O) groups excluding carboxylic acids is 1. The first-order chi connectivity index (χ1) is 12.1. The van der Waals surface area contributed by atoms with Gasteiger partial charge in [-0.2, -0.15) is 0 Å². The molecule has 1 aromatic heterocycles. The standard InChI is InChI=1S/C19H15F2N3O/c20-15-6-4-13(5-7-15)10-23-19(25)14-8-18(12-22-11-14)24-17-3-1-2-16(21)9-17/h1-9,11-12,24H,10H2,(H,23,25). The Labute approximate surface area is 143 Å². The van der Waals surface area contributed by atoms with Crippen LogP contribution in [0.5, 0.6) is 0 Å². The van der Waals surface area contributed by atoms with Gasteiger partial charge in [-0.15, -0.1) is 0 Å². The van der Waals surface area contributed by atoms with E-state index >= 15 is 0 Å². The third-order valence-electron chi connectivity index (χ3n) is 3.48. The lowest BCUT2D eigenvalue weighted by atomic mass is 10.2. The summed E-state index contributed by atoms with van der Waals surface area (Å²) in [6, 6.07) is 13.5. The summed E-state index contributed by atoms with van der Waals surface area (Å²) in [7, 11) is 0. The van der Waals surface area contributed by atoms with E-state index in [1.54, 1.807) is 36.5 Å². The second kappa shape index (κ2) is 7.53. The first-order valence-electron chi connectivity index (χ1n) is 7.60. The molecule has 0 bridgehead atoms. The van der Waals surface area contributed by atoms with Crippen molar-refractivity contribution in [2.45, 2.75) is 6.54 Å². The minimum Gasteiger partial charge on any atom is -0.354 e. The van der Waals surface area contributed by atoms with Crippen molar-refractivity contribution in [3.8, 4) is 0 Å². The number of halogens is 2. The van der Waals surface area contributed by atoms with Gasteiger partial charge >= 0.3 is 0 Å². The van der Waals surface area contributed by atoms with Crippen LogP contribution in [0.25, 0.3) is 0 Å². The Morgan fingerprint density at radius 1 is 0.920 bits per heavy atom. The number of aromatic nitrogens is 1. The topological polar surface area (TPSA) is 54.0 Å². The maximum Gasteiger partial charge on any atom is 0.253 e. The summed E-state index contributed by atoms with van der Waals surface area (Å²) >= 11 is 0. The number of nitrogens with zero attached hydrogens (tertiary/aromatic N) is 1. The number of carbonyl (C=O) groups is 1. The van der Waals surface area contributed by atoms with Gasteiger partial charge in [0.25, 0.3) is 5.91 Å². The number of anilines is 2. The van der Waals surface area contributed by atoms with Crippen molar-refractivity contribution < 1.29 is 13.6 Å². The highest BCUT2D eigenvalue weighted by molar-refractivity contribution is 5.94. The van der Waals surface area contributed by atoms with Crippen LogP contribution < -0.4 is 10.6 Å². The van der Waals surface area contributed by atoms with E-state index in [1.165, 1.54) is 30.5 Å². The van der Waals surface area contributed by atoms with Gasteiger partial charge in [-0.1, -0.05) is 18.2 Å². The molecule has 0 saturated carbocycles. The lowest BCUT2D eigenvalue weighted by Gasteiger charge is -2.09. The van der Waals surface area contributed by atoms with Crippen molar-refractivity contribution >= 4 is 17.3 Å². The van der Waals surface area contributed by atoms with Gasteiger partial charge < -0.3 is 10.6 Å². The van der Waals surface area contributed by atoms with Crippen LogP contribution in [0, 0.1) is 11.6 Å². The monoisotopic (exact) mass is 339 g/mol. The molecule has 25 heavy (non-hydrogen) atoms. The summed E-state index contributed by atoms with van der Waals surface area (Å²) in [6.07, 6.45) is 2.98. The summed E-state index contributed by atoms with van der Waals surface area (Å²) in [5.74, 6) is -0.985. The zero-order valence-electron chi connectivity index (χ0n) is 13.2. The van der Waals surface area contributed by atoms with E-state index < -0.39 is 0 Å². The van der Waals surface area contributed by atoms with Gasteiger partial charge in [0.15, 0.2) is 0 Å². The fourth-order valence-electron chi connectivity index (χ4n) is 2.25. The zero-order valence-corrected chi connectivity index (χ0v) is 13.2. The van der Waals surface area contributed by atoms with Crippen molar-refractivity contribution in [1.82, 2.24) is 10.3 Å². The van der Waals surface area contributed by atoms with Gasteiger partial charge in [-0.05, 0) is 42.0 Å². The molecule has 0 saturated heterocycles. The van der Waals surface area contributed by atoms with Gasteiger partial charge in [0, 0.05) is 18.4 Å². The summed E-state index contributed by atoms with van der Waals surface area (Å²) in [5.41, 5.74) is 2.28. The molecule has 0 aliphatic carbocycles. The van der Waals surface area contributed by atoms with Crippen molar-refractivity contribution in [1.29, 1.82) is 0 Å². The number of pyridine rings is 1. The molecular formula is C19H15F2N3O. The Morgan fingerprint density at radius 2 is 1.72 bits per heavy atom. The van der Waals surface area contributed by atoms with Crippen LogP contribution in [0.4, 0.5) is 20.2 Å². The molecule has 4 nitrogen and oxygen atoms in total. The Hall–Kier alpha value is -3.28. The van der Waals surface area contributed by atoms with E-state index in [2.05, 4.69) is 15.6 Å². The molecule has 126 valence electrons. The second-order valence-electron chi connectivity index (χ2n) is 5.41. The third-order valence-corrected chi connectivity index (χ3v) is 3.48. The maximum absolute atomic E-state index is 13.2.